The molecule has 110 valence electrons. The van der Waals surface area contributed by atoms with Crippen LogP contribution in [0, 0.1) is 17.8 Å². The highest BCUT2D eigenvalue weighted by Gasteiger charge is 2.31. The summed E-state index contributed by atoms with van der Waals surface area (Å²) in [5.41, 5.74) is 5.80. The van der Waals surface area contributed by atoms with Gasteiger partial charge in [-0.1, -0.05) is 26.7 Å². The number of aliphatic carboxylic acids is 1. The number of carbonyl (C=O) groups excluding carboxylic acids is 1. The molecule has 1 amide bonds. The predicted octanol–water partition coefficient (Wildman–Crippen LogP) is 1.37. The Morgan fingerprint density at radius 2 is 1.95 bits per heavy atom. The summed E-state index contributed by atoms with van der Waals surface area (Å²) >= 11 is 0. The number of rotatable bonds is 6. The Hall–Kier alpha value is -1.10. The lowest BCUT2D eigenvalue weighted by molar-refractivity contribution is -0.145. The number of carboxylic acids is 1. The highest BCUT2D eigenvalue weighted by Crippen LogP contribution is 2.29. The summed E-state index contributed by atoms with van der Waals surface area (Å²) in [6.45, 7) is 4.48. The van der Waals surface area contributed by atoms with Gasteiger partial charge in [-0.05, 0) is 31.1 Å². The molecule has 3 atom stereocenters. The third kappa shape index (κ3) is 5.19. The van der Waals surface area contributed by atoms with Crippen molar-refractivity contribution in [1.29, 1.82) is 0 Å². The van der Waals surface area contributed by atoms with Gasteiger partial charge < -0.3 is 16.2 Å². The molecule has 0 spiro atoms. The molecule has 0 bridgehead atoms. The summed E-state index contributed by atoms with van der Waals surface area (Å²) in [6, 6.07) is -0.494. The highest BCUT2D eigenvalue weighted by atomic mass is 16.4. The van der Waals surface area contributed by atoms with Crippen LogP contribution in [0.3, 0.4) is 0 Å². The Morgan fingerprint density at radius 1 is 1.32 bits per heavy atom. The highest BCUT2D eigenvalue weighted by molar-refractivity contribution is 5.81. The van der Waals surface area contributed by atoms with Gasteiger partial charge in [0, 0.05) is 6.54 Å². The third-order valence-electron chi connectivity index (χ3n) is 3.83. The van der Waals surface area contributed by atoms with E-state index < -0.39 is 12.0 Å². The molecule has 0 heterocycles. The number of carbonyl (C=O) groups is 2. The van der Waals surface area contributed by atoms with Crippen molar-refractivity contribution in [2.45, 2.75) is 52.0 Å². The van der Waals surface area contributed by atoms with Gasteiger partial charge >= 0.3 is 5.97 Å². The molecule has 0 aromatic rings. The molecule has 0 radical (unpaired) electrons. The van der Waals surface area contributed by atoms with Crippen molar-refractivity contribution in [2.75, 3.05) is 6.54 Å². The van der Waals surface area contributed by atoms with E-state index in [-0.39, 0.29) is 17.7 Å². The van der Waals surface area contributed by atoms with E-state index in [0.29, 0.717) is 25.3 Å². The van der Waals surface area contributed by atoms with Crippen LogP contribution in [0.25, 0.3) is 0 Å². The Balaban J connectivity index is 2.41. The normalized spacial score (nSPS) is 25.1. The fourth-order valence-electron chi connectivity index (χ4n) is 2.75. The van der Waals surface area contributed by atoms with Gasteiger partial charge in [0.2, 0.25) is 5.91 Å². The van der Waals surface area contributed by atoms with Gasteiger partial charge in [-0.25, -0.2) is 0 Å². The van der Waals surface area contributed by atoms with Crippen LogP contribution in [-0.4, -0.2) is 29.6 Å². The van der Waals surface area contributed by atoms with Crippen LogP contribution in [-0.2, 0) is 9.59 Å². The van der Waals surface area contributed by atoms with E-state index in [0.717, 1.165) is 19.3 Å². The van der Waals surface area contributed by atoms with Crippen molar-refractivity contribution in [3.8, 4) is 0 Å². The molecule has 0 saturated heterocycles. The number of nitrogens with two attached hydrogens (primary N) is 1. The fourth-order valence-corrected chi connectivity index (χ4v) is 2.75. The molecule has 1 aliphatic rings. The zero-order chi connectivity index (χ0) is 14.4. The van der Waals surface area contributed by atoms with E-state index in [1.807, 2.05) is 13.8 Å². The zero-order valence-corrected chi connectivity index (χ0v) is 11.9. The number of hydrogen-bond acceptors (Lipinski definition) is 3. The number of amides is 1. The van der Waals surface area contributed by atoms with Gasteiger partial charge in [-0.3, -0.25) is 9.59 Å². The summed E-state index contributed by atoms with van der Waals surface area (Å²) < 4.78 is 0. The first-order valence-corrected chi connectivity index (χ1v) is 7.18. The number of nitrogens with one attached hydrogen (secondary N) is 1. The summed E-state index contributed by atoms with van der Waals surface area (Å²) in [5, 5.41) is 12.0. The standard InChI is InChI=1S/C14H26N2O3/c1-9(2)7-12(15)13(17)16-8-10-5-3-4-6-11(10)14(18)19/h9-12H,3-8,15H2,1-2H3,(H,16,17)(H,18,19)/t10?,11?,12-/m1/s1. The Labute approximate surface area is 114 Å². The molecule has 1 rings (SSSR count). The van der Waals surface area contributed by atoms with Crippen LogP contribution >= 0.6 is 0 Å². The minimum atomic E-state index is -0.745. The van der Waals surface area contributed by atoms with E-state index in [4.69, 9.17) is 10.8 Å². The maximum absolute atomic E-state index is 11.8. The van der Waals surface area contributed by atoms with Gasteiger partial charge in [0.25, 0.3) is 0 Å². The smallest absolute Gasteiger partial charge is 0.306 e. The number of hydrogen-bond donors (Lipinski definition) is 3. The number of carboxylic acid groups (broad SMARTS) is 1. The molecule has 1 saturated carbocycles. The predicted molar refractivity (Wildman–Crippen MR) is 73.5 cm³/mol. The first-order valence-electron chi connectivity index (χ1n) is 7.18. The van der Waals surface area contributed by atoms with E-state index in [2.05, 4.69) is 5.32 Å². The molecule has 0 aliphatic heterocycles. The first kappa shape index (κ1) is 16.0. The summed E-state index contributed by atoms with van der Waals surface area (Å²) in [5.74, 6) is -0.812. The quantitative estimate of drug-likeness (QED) is 0.679. The lowest BCUT2D eigenvalue weighted by atomic mass is 9.79. The first-order chi connectivity index (χ1) is 8.91. The second kappa shape index (κ2) is 7.48. The molecule has 4 N–H and O–H groups in total. The van der Waals surface area contributed by atoms with Gasteiger partial charge in [0.15, 0.2) is 0 Å². The fraction of sp³-hybridized carbons (Fsp3) is 0.857. The monoisotopic (exact) mass is 270 g/mol. The third-order valence-corrected chi connectivity index (χ3v) is 3.83. The van der Waals surface area contributed by atoms with Gasteiger partial charge in [0.05, 0.1) is 12.0 Å². The van der Waals surface area contributed by atoms with Crippen molar-refractivity contribution in [1.82, 2.24) is 5.32 Å². The second-order valence-electron chi connectivity index (χ2n) is 5.97. The van der Waals surface area contributed by atoms with Crippen LogP contribution in [0.1, 0.15) is 46.0 Å². The maximum Gasteiger partial charge on any atom is 0.306 e. The summed E-state index contributed by atoms with van der Waals surface area (Å²) in [7, 11) is 0. The van der Waals surface area contributed by atoms with Gasteiger partial charge in [-0.15, -0.1) is 0 Å². The minimum Gasteiger partial charge on any atom is -0.481 e. The van der Waals surface area contributed by atoms with E-state index in [1.165, 1.54) is 0 Å². The Morgan fingerprint density at radius 3 is 2.53 bits per heavy atom. The summed E-state index contributed by atoms with van der Waals surface area (Å²) in [6.07, 6.45) is 4.25. The average Bonchev–Trinajstić information content (AvgIpc) is 2.35. The molecule has 19 heavy (non-hydrogen) atoms. The Bertz CT molecular complexity index is 318. The van der Waals surface area contributed by atoms with Gasteiger partial charge in [-0.2, -0.15) is 0 Å². The second-order valence-corrected chi connectivity index (χ2v) is 5.97. The largest absolute Gasteiger partial charge is 0.481 e. The van der Waals surface area contributed by atoms with E-state index in [9.17, 15) is 9.59 Å². The van der Waals surface area contributed by atoms with Crippen molar-refractivity contribution in [3.63, 3.8) is 0 Å². The minimum absolute atomic E-state index is 0.0430. The van der Waals surface area contributed by atoms with Crippen LogP contribution in [0.15, 0.2) is 0 Å². The molecule has 5 nitrogen and oxygen atoms in total. The SMILES string of the molecule is CC(C)C[C@@H](N)C(=O)NCC1CCCCC1C(=O)O. The average molecular weight is 270 g/mol. The van der Waals surface area contributed by atoms with Crippen molar-refractivity contribution in [2.24, 2.45) is 23.5 Å². The van der Waals surface area contributed by atoms with E-state index in [1.54, 1.807) is 0 Å². The van der Waals surface area contributed by atoms with Crippen molar-refractivity contribution < 1.29 is 14.7 Å². The Kier molecular flexibility index (Phi) is 6.28. The topological polar surface area (TPSA) is 92.4 Å². The molecule has 5 heteroatoms. The molecular formula is C14H26N2O3. The van der Waals surface area contributed by atoms with E-state index >= 15 is 0 Å². The lowest BCUT2D eigenvalue weighted by Gasteiger charge is -2.29. The molecule has 0 aromatic heterocycles. The molecule has 0 aromatic carbocycles. The van der Waals surface area contributed by atoms with Gasteiger partial charge in [0.1, 0.15) is 0 Å². The zero-order valence-electron chi connectivity index (χ0n) is 11.9. The molecule has 2 unspecified atom stereocenters. The van der Waals surface area contributed by atoms with Crippen LogP contribution in [0.2, 0.25) is 0 Å². The molecular weight excluding hydrogens is 244 g/mol. The maximum atomic E-state index is 11.8. The lowest BCUT2D eigenvalue weighted by Crippen LogP contribution is -2.45. The van der Waals surface area contributed by atoms with Crippen molar-refractivity contribution in [3.05, 3.63) is 0 Å². The van der Waals surface area contributed by atoms with Crippen LogP contribution in [0.4, 0.5) is 0 Å². The van der Waals surface area contributed by atoms with Crippen LogP contribution < -0.4 is 11.1 Å². The molecule has 1 fully saturated rings. The van der Waals surface area contributed by atoms with Crippen molar-refractivity contribution >= 4 is 11.9 Å². The summed E-state index contributed by atoms with van der Waals surface area (Å²) in [4.78, 5) is 23.0. The molecule has 1 aliphatic carbocycles. The van der Waals surface area contributed by atoms with Crippen LogP contribution in [0.5, 0.6) is 0 Å².